The van der Waals surface area contributed by atoms with Crippen LogP contribution in [0.1, 0.15) is 71.9 Å². The minimum Gasteiger partial charge on any atom is -0.465 e. The van der Waals surface area contributed by atoms with Gasteiger partial charge in [0.15, 0.2) is 5.76 Å². The molecule has 258 valence electrons. The molecule has 1 saturated heterocycles. The fraction of sp³-hybridized carbons (Fsp3) is 0.385. The average molecular weight is 678 g/mol. The minimum atomic E-state index is -1.34. The third-order valence-electron chi connectivity index (χ3n) is 10.3. The van der Waals surface area contributed by atoms with Gasteiger partial charge in [0.1, 0.15) is 17.4 Å². The van der Waals surface area contributed by atoms with Crippen LogP contribution in [0.15, 0.2) is 59.0 Å². The van der Waals surface area contributed by atoms with Crippen LogP contribution in [0.25, 0.3) is 44.7 Å². The Hall–Kier alpha value is -5.19. The molecule has 3 aliphatic rings. The number of rotatable bonds is 6. The molecule has 10 nitrogen and oxygen atoms in total. The van der Waals surface area contributed by atoms with Crippen molar-refractivity contribution < 1.29 is 28.3 Å². The summed E-state index contributed by atoms with van der Waals surface area (Å²) < 4.78 is 23.8. The van der Waals surface area contributed by atoms with Crippen LogP contribution < -0.4 is 5.32 Å². The van der Waals surface area contributed by atoms with E-state index in [-0.39, 0.29) is 31.3 Å². The summed E-state index contributed by atoms with van der Waals surface area (Å²) in [6.07, 6.45) is -0.122. The van der Waals surface area contributed by atoms with Gasteiger partial charge in [-0.25, -0.2) is 14.2 Å². The Labute approximate surface area is 288 Å². The number of furan rings is 1. The summed E-state index contributed by atoms with van der Waals surface area (Å²) in [5.41, 5.74) is 6.18. The Morgan fingerprint density at radius 3 is 2.62 bits per heavy atom. The first-order chi connectivity index (χ1) is 23.9. The molecule has 2 atom stereocenters. The van der Waals surface area contributed by atoms with Crippen molar-refractivity contribution in [2.75, 3.05) is 13.1 Å². The first-order valence-corrected chi connectivity index (χ1v) is 17.3. The van der Waals surface area contributed by atoms with Gasteiger partial charge in [0, 0.05) is 64.6 Å². The van der Waals surface area contributed by atoms with E-state index in [2.05, 4.69) is 22.0 Å². The van der Waals surface area contributed by atoms with Gasteiger partial charge in [-0.15, -0.1) is 0 Å². The molecular weight excluding hydrogens is 637 g/mol. The predicted molar refractivity (Wildman–Crippen MR) is 188 cm³/mol. The number of fused-ring (bicyclic) bond motifs is 3. The molecule has 5 heterocycles. The largest absolute Gasteiger partial charge is 0.465 e. The van der Waals surface area contributed by atoms with Crippen LogP contribution in [0.4, 0.5) is 9.18 Å². The van der Waals surface area contributed by atoms with Crippen LogP contribution in [0.5, 0.6) is 0 Å². The van der Waals surface area contributed by atoms with Crippen molar-refractivity contribution in [2.24, 2.45) is 5.92 Å². The average Bonchev–Trinajstić information content (AvgIpc) is 3.60. The molecule has 0 bridgehead atoms. The van der Waals surface area contributed by atoms with Crippen molar-refractivity contribution in [3.05, 3.63) is 76.9 Å². The van der Waals surface area contributed by atoms with Gasteiger partial charge in [0.25, 0.3) is 11.8 Å². The number of piperidine rings is 1. The van der Waals surface area contributed by atoms with Gasteiger partial charge in [-0.1, -0.05) is 18.2 Å². The molecule has 11 heteroatoms. The molecule has 3 amide bonds. The van der Waals surface area contributed by atoms with Crippen molar-refractivity contribution in [3.63, 3.8) is 0 Å². The predicted octanol–water partition coefficient (Wildman–Crippen LogP) is 7.41. The molecule has 0 unspecified atom stereocenters. The first kappa shape index (κ1) is 32.0. The maximum atomic E-state index is 15.0. The second kappa shape index (κ2) is 11.7. The number of halogens is 1. The summed E-state index contributed by atoms with van der Waals surface area (Å²) in [7, 11) is 0. The van der Waals surface area contributed by atoms with Gasteiger partial charge in [-0.05, 0) is 88.4 Å². The topological polar surface area (TPSA) is 121 Å². The number of hydrogen-bond donors (Lipinski definition) is 2. The molecule has 3 aromatic heterocycles. The van der Waals surface area contributed by atoms with E-state index in [1.54, 1.807) is 32.9 Å². The summed E-state index contributed by atoms with van der Waals surface area (Å²) >= 11 is 0. The molecule has 50 heavy (non-hydrogen) atoms. The van der Waals surface area contributed by atoms with Crippen molar-refractivity contribution in [1.82, 2.24) is 24.7 Å². The lowest BCUT2D eigenvalue weighted by molar-refractivity contribution is 0.0126. The van der Waals surface area contributed by atoms with Gasteiger partial charge in [-0.2, -0.15) is 0 Å². The van der Waals surface area contributed by atoms with E-state index in [4.69, 9.17) is 9.40 Å². The summed E-state index contributed by atoms with van der Waals surface area (Å²) in [4.78, 5) is 46.1. The lowest BCUT2D eigenvalue weighted by Crippen LogP contribution is -2.59. The van der Waals surface area contributed by atoms with Crippen LogP contribution in [0, 0.1) is 12.8 Å². The van der Waals surface area contributed by atoms with Gasteiger partial charge < -0.3 is 24.3 Å². The third kappa shape index (κ3) is 5.58. The standard InChI is InChI=1S/C39H40FN5O5/c1-21-29-11-9-25(37(47)43-19-27(40)16-28(20-43)45(38(48)49)39(2,3)4)15-33(29)50-34(21)32-14-24-10-12-31(42-35(24)44(32)18-22-5-6-22)23-7-8-26-17-41-36(46)30(26)13-23/h7-15,22,27-28H,5-6,16-20H2,1-4H3,(H,41,46)(H,48,49)/t27-,28-/m1/s1. The number of benzene rings is 2. The van der Waals surface area contributed by atoms with E-state index in [1.807, 2.05) is 37.3 Å². The molecule has 8 rings (SSSR count). The number of pyridine rings is 1. The van der Waals surface area contributed by atoms with E-state index in [9.17, 15) is 19.5 Å². The lowest BCUT2D eigenvalue weighted by atomic mass is 9.96. The Balaban J connectivity index is 1.14. The highest BCUT2D eigenvalue weighted by Crippen LogP contribution is 2.40. The Morgan fingerprint density at radius 1 is 1.08 bits per heavy atom. The van der Waals surface area contributed by atoms with Crippen molar-refractivity contribution in [1.29, 1.82) is 0 Å². The number of carboxylic acid groups (broad SMARTS) is 1. The van der Waals surface area contributed by atoms with Gasteiger partial charge >= 0.3 is 6.09 Å². The zero-order valence-corrected chi connectivity index (χ0v) is 28.6. The zero-order chi connectivity index (χ0) is 35.1. The molecule has 1 saturated carbocycles. The summed E-state index contributed by atoms with van der Waals surface area (Å²) in [5, 5.41) is 14.6. The number of nitrogens with zero attached hydrogens (tertiary/aromatic N) is 4. The number of carbonyl (C=O) groups excluding carboxylic acids is 2. The van der Waals surface area contributed by atoms with E-state index in [1.165, 1.54) is 9.80 Å². The maximum absolute atomic E-state index is 15.0. The molecule has 5 aromatic rings. The highest BCUT2D eigenvalue weighted by atomic mass is 19.1. The van der Waals surface area contributed by atoms with Crippen LogP contribution in [-0.2, 0) is 13.1 Å². The Kier molecular flexibility index (Phi) is 7.50. The number of carbonyl (C=O) groups is 3. The Bertz CT molecular complexity index is 2210. The monoisotopic (exact) mass is 677 g/mol. The molecule has 2 fully saturated rings. The highest BCUT2D eigenvalue weighted by molar-refractivity contribution is 6.00. The van der Waals surface area contributed by atoms with Crippen LogP contribution in [-0.4, -0.2) is 73.2 Å². The van der Waals surface area contributed by atoms with Gasteiger partial charge in [0.2, 0.25) is 0 Å². The van der Waals surface area contributed by atoms with Gasteiger partial charge in [0.05, 0.1) is 24.0 Å². The van der Waals surface area contributed by atoms with Crippen molar-refractivity contribution in [3.8, 4) is 22.7 Å². The van der Waals surface area contributed by atoms with E-state index < -0.39 is 23.8 Å². The smallest absolute Gasteiger partial charge is 0.408 e. The van der Waals surface area contributed by atoms with E-state index >= 15 is 4.39 Å². The quantitative estimate of drug-likeness (QED) is 0.193. The normalized spacial score (nSPS) is 19.2. The summed E-state index contributed by atoms with van der Waals surface area (Å²) in [6.45, 7) is 8.68. The highest BCUT2D eigenvalue weighted by Gasteiger charge is 2.40. The Morgan fingerprint density at radius 2 is 1.88 bits per heavy atom. The molecule has 2 aliphatic heterocycles. The minimum absolute atomic E-state index is 0.0444. The molecular formula is C39H40FN5O5. The fourth-order valence-corrected chi connectivity index (χ4v) is 7.73. The third-order valence-corrected chi connectivity index (χ3v) is 10.3. The molecule has 0 radical (unpaired) electrons. The molecule has 0 spiro atoms. The van der Waals surface area contributed by atoms with Crippen LogP contribution in [0.2, 0.25) is 0 Å². The van der Waals surface area contributed by atoms with Crippen molar-refractivity contribution >= 4 is 39.9 Å². The number of alkyl halides is 1. The zero-order valence-electron chi connectivity index (χ0n) is 28.6. The number of likely N-dealkylation sites (tertiary alicyclic amines) is 1. The van der Waals surface area contributed by atoms with Crippen LogP contribution in [0.3, 0.4) is 0 Å². The van der Waals surface area contributed by atoms with Crippen molar-refractivity contribution in [2.45, 2.75) is 77.8 Å². The summed E-state index contributed by atoms with van der Waals surface area (Å²) in [6, 6.07) is 16.7. The van der Waals surface area contributed by atoms with E-state index in [0.29, 0.717) is 34.9 Å². The number of nitrogens with one attached hydrogen (secondary N) is 1. The number of amides is 3. The number of aromatic nitrogens is 2. The van der Waals surface area contributed by atoms with Crippen LogP contribution >= 0.6 is 0 Å². The summed E-state index contributed by atoms with van der Waals surface area (Å²) in [5.74, 6) is 0.820. The fourth-order valence-electron chi connectivity index (χ4n) is 7.73. The van der Waals surface area contributed by atoms with Gasteiger partial charge in [-0.3, -0.25) is 14.5 Å². The number of hydrogen-bond acceptors (Lipinski definition) is 5. The lowest BCUT2D eigenvalue weighted by Gasteiger charge is -2.45. The van der Waals surface area contributed by atoms with E-state index in [0.717, 1.165) is 63.9 Å². The SMILES string of the molecule is Cc1c(-c2cc3ccc(-c4ccc5c(c4)C(=O)NC5)nc3n2CC2CC2)oc2cc(C(=O)N3C[C@H](F)C[C@@H](N(C(=O)O)C(C)(C)C)C3)ccc12. The second-order valence-electron chi connectivity index (χ2n) is 15.0. The molecule has 1 aliphatic carbocycles. The number of aryl methyl sites for hydroxylation is 1. The second-order valence-corrected chi connectivity index (χ2v) is 15.0. The molecule has 2 N–H and O–H groups in total. The maximum Gasteiger partial charge on any atom is 0.408 e. The first-order valence-electron chi connectivity index (χ1n) is 17.3. The molecule has 2 aromatic carbocycles.